The maximum Gasteiger partial charge on any atom is 0.261 e. The van der Waals surface area contributed by atoms with Gasteiger partial charge in [0.15, 0.2) is 0 Å². The van der Waals surface area contributed by atoms with Crippen LogP contribution in [0.25, 0.3) is 10.2 Å². The summed E-state index contributed by atoms with van der Waals surface area (Å²) in [5.41, 5.74) is 0.537. The molecule has 0 aliphatic rings. The van der Waals surface area contributed by atoms with Crippen LogP contribution in [-0.4, -0.2) is 10.9 Å². The molecule has 0 saturated heterocycles. The Morgan fingerprint density at radius 1 is 1.04 bits per heavy atom. The van der Waals surface area contributed by atoms with E-state index in [4.69, 9.17) is 0 Å². The Morgan fingerprint density at radius 2 is 1.70 bits per heavy atom. The van der Waals surface area contributed by atoms with Gasteiger partial charge in [0.05, 0.1) is 5.39 Å². The van der Waals surface area contributed by atoms with E-state index >= 15 is 0 Å². The number of benzene rings is 1. The van der Waals surface area contributed by atoms with E-state index in [0.717, 1.165) is 4.83 Å². The molecule has 2 heterocycles. The lowest BCUT2D eigenvalue weighted by atomic mass is 10.2. The number of carbonyl (C=O) groups excluding carboxylic acids is 1. The summed E-state index contributed by atoms with van der Waals surface area (Å²) in [7, 11) is 0. The molecule has 3 aromatic rings. The number of rotatable bonds is 2. The Kier molecular flexibility index (Phi) is 7.77. The van der Waals surface area contributed by atoms with Crippen LogP contribution in [0.15, 0.2) is 52.8 Å². The van der Waals surface area contributed by atoms with Crippen molar-refractivity contribution in [3.8, 4) is 0 Å². The number of nitrogens with one attached hydrogen (secondary N) is 2. The maximum atomic E-state index is 12.1. The van der Waals surface area contributed by atoms with Crippen LogP contribution in [0.2, 0.25) is 0 Å². The number of thiophene rings is 1. The Hall–Kier alpha value is -2.40. The number of amides is 1. The van der Waals surface area contributed by atoms with Crippen molar-refractivity contribution in [1.82, 2.24) is 4.98 Å². The van der Waals surface area contributed by atoms with Crippen molar-refractivity contribution in [2.24, 2.45) is 0 Å². The second kappa shape index (κ2) is 9.58. The first-order valence-electron chi connectivity index (χ1n) is 7.71. The van der Waals surface area contributed by atoms with Crippen LogP contribution < -0.4 is 10.7 Å². The lowest BCUT2D eigenvalue weighted by molar-refractivity contribution is 0.102. The average Bonchev–Trinajstić information content (AvgIpc) is 3.09. The van der Waals surface area contributed by atoms with Gasteiger partial charge in [0, 0.05) is 11.9 Å². The van der Waals surface area contributed by atoms with Gasteiger partial charge in [-0.15, -0.1) is 11.3 Å². The third-order valence-corrected chi connectivity index (χ3v) is 3.62. The fourth-order valence-corrected chi connectivity index (χ4v) is 2.59. The lowest BCUT2D eigenvalue weighted by Gasteiger charge is -2.04. The molecule has 0 saturated carbocycles. The summed E-state index contributed by atoms with van der Waals surface area (Å²) in [4.78, 5) is 28.0. The first-order valence-corrected chi connectivity index (χ1v) is 8.59. The zero-order valence-electron chi connectivity index (χ0n) is 13.8. The molecule has 0 radical (unpaired) electrons. The van der Waals surface area contributed by atoms with Gasteiger partial charge in [-0.3, -0.25) is 9.59 Å². The Balaban J connectivity index is 0.000000615. The summed E-state index contributed by atoms with van der Waals surface area (Å²) in [5.74, 6) is -0.402. The van der Waals surface area contributed by atoms with E-state index in [1.165, 1.54) is 17.5 Å². The molecule has 1 aromatic carbocycles. The van der Waals surface area contributed by atoms with E-state index in [1.54, 1.807) is 18.2 Å². The van der Waals surface area contributed by atoms with Crippen molar-refractivity contribution >= 4 is 33.1 Å². The van der Waals surface area contributed by atoms with Gasteiger partial charge in [-0.05, 0) is 23.6 Å². The van der Waals surface area contributed by atoms with Crippen molar-refractivity contribution in [3.05, 3.63) is 63.8 Å². The number of pyridine rings is 1. The number of aromatic amines is 1. The molecule has 1 amide bonds. The molecule has 0 aliphatic carbocycles. The highest BCUT2D eigenvalue weighted by atomic mass is 32.1. The Bertz CT molecular complexity index is 791. The molecule has 122 valence electrons. The average molecular weight is 330 g/mol. The molecule has 0 unspecified atom stereocenters. The van der Waals surface area contributed by atoms with Gasteiger partial charge < -0.3 is 10.3 Å². The molecule has 0 spiro atoms. The number of aromatic nitrogens is 1. The highest BCUT2D eigenvalue weighted by Gasteiger charge is 2.13. The topological polar surface area (TPSA) is 62.0 Å². The minimum absolute atomic E-state index is 0.120. The van der Waals surface area contributed by atoms with Crippen molar-refractivity contribution in [2.45, 2.75) is 27.7 Å². The predicted molar refractivity (Wildman–Crippen MR) is 99.5 cm³/mol. The number of anilines is 1. The van der Waals surface area contributed by atoms with Crippen LogP contribution in [-0.2, 0) is 0 Å². The van der Waals surface area contributed by atoms with Gasteiger partial charge in [-0.25, -0.2) is 0 Å². The minimum atomic E-state index is -0.402. The molecule has 23 heavy (non-hydrogen) atoms. The van der Waals surface area contributed by atoms with Gasteiger partial charge in [0.25, 0.3) is 5.91 Å². The fraction of sp³-hybridized carbons (Fsp3) is 0.222. The molecule has 3 rings (SSSR count). The monoisotopic (exact) mass is 330 g/mol. The molecular formula is C18H22N2O2S. The quantitative estimate of drug-likeness (QED) is 0.702. The second-order valence-corrected chi connectivity index (χ2v) is 4.93. The Morgan fingerprint density at radius 3 is 2.35 bits per heavy atom. The molecule has 4 nitrogen and oxygen atoms in total. The molecule has 0 atom stereocenters. The SMILES string of the molecule is CC.CC.O=C(Nc1ccccc1)c1c[nH]c2sccc2c1=O. The molecule has 0 bridgehead atoms. The summed E-state index contributed by atoms with van der Waals surface area (Å²) < 4.78 is 0. The van der Waals surface area contributed by atoms with Crippen molar-refractivity contribution in [3.63, 3.8) is 0 Å². The van der Waals surface area contributed by atoms with E-state index in [-0.39, 0.29) is 11.0 Å². The number of para-hydroxylation sites is 1. The second-order valence-electron chi connectivity index (χ2n) is 4.02. The van der Waals surface area contributed by atoms with Crippen LogP contribution in [0.3, 0.4) is 0 Å². The number of fused-ring (bicyclic) bond motifs is 1. The highest BCUT2D eigenvalue weighted by molar-refractivity contribution is 7.16. The van der Waals surface area contributed by atoms with Crippen LogP contribution in [0.5, 0.6) is 0 Å². The lowest BCUT2D eigenvalue weighted by Crippen LogP contribution is -2.21. The molecule has 5 heteroatoms. The van der Waals surface area contributed by atoms with Crippen LogP contribution in [0, 0.1) is 0 Å². The van der Waals surface area contributed by atoms with Gasteiger partial charge >= 0.3 is 0 Å². The third-order valence-electron chi connectivity index (χ3n) is 2.78. The molecule has 2 aromatic heterocycles. The Labute approximate surface area is 140 Å². The normalized spacial score (nSPS) is 9.22. The number of H-pyrrole nitrogens is 1. The molecule has 0 fully saturated rings. The zero-order valence-corrected chi connectivity index (χ0v) is 14.7. The van der Waals surface area contributed by atoms with Crippen LogP contribution in [0.4, 0.5) is 5.69 Å². The number of hydrogen-bond acceptors (Lipinski definition) is 3. The first kappa shape index (κ1) is 18.6. The van der Waals surface area contributed by atoms with Crippen molar-refractivity contribution in [2.75, 3.05) is 5.32 Å². The van der Waals surface area contributed by atoms with Crippen molar-refractivity contribution in [1.29, 1.82) is 0 Å². The van der Waals surface area contributed by atoms with E-state index in [0.29, 0.717) is 11.1 Å². The number of carbonyl (C=O) groups is 1. The number of hydrogen-bond donors (Lipinski definition) is 2. The summed E-state index contributed by atoms with van der Waals surface area (Å²) in [5, 5.41) is 5.07. The zero-order chi connectivity index (χ0) is 17.2. The summed E-state index contributed by atoms with van der Waals surface area (Å²) in [6.45, 7) is 8.00. The molecular weight excluding hydrogens is 308 g/mol. The smallest absolute Gasteiger partial charge is 0.261 e. The van der Waals surface area contributed by atoms with E-state index in [1.807, 2.05) is 51.3 Å². The largest absolute Gasteiger partial charge is 0.352 e. The summed E-state index contributed by atoms with van der Waals surface area (Å²) in [6, 6.07) is 10.8. The standard InChI is InChI=1S/C14H10N2O2S.2C2H6/c17-12-10-6-7-19-14(10)15-8-11(12)13(18)16-9-4-2-1-3-5-9;2*1-2/h1-8H,(H,15,17)(H,16,18);2*1-2H3. The minimum Gasteiger partial charge on any atom is -0.352 e. The van der Waals surface area contributed by atoms with Crippen LogP contribution in [0.1, 0.15) is 38.1 Å². The van der Waals surface area contributed by atoms with Gasteiger partial charge in [0.1, 0.15) is 10.4 Å². The first-order chi connectivity index (χ1) is 11.3. The van der Waals surface area contributed by atoms with E-state index in [2.05, 4.69) is 10.3 Å². The highest BCUT2D eigenvalue weighted by Crippen LogP contribution is 2.15. The van der Waals surface area contributed by atoms with Gasteiger partial charge in [-0.1, -0.05) is 45.9 Å². The maximum absolute atomic E-state index is 12.1. The van der Waals surface area contributed by atoms with Gasteiger partial charge in [-0.2, -0.15) is 0 Å². The van der Waals surface area contributed by atoms with E-state index < -0.39 is 5.91 Å². The van der Waals surface area contributed by atoms with Gasteiger partial charge in [0.2, 0.25) is 5.43 Å². The molecule has 2 N–H and O–H groups in total. The third kappa shape index (κ3) is 4.53. The predicted octanol–water partition coefficient (Wildman–Crippen LogP) is 4.89. The van der Waals surface area contributed by atoms with E-state index in [9.17, 15) is 9.59 Å². The van der Waals surface area contributed by atoms with Crippen molar-refractivity contribution < 1.29 is 4.79 Å². The fourth-order valence-electron chi connectivity index (χ4n) is 1.84. The summed E-state index contributed by atoms with van der Waals surface area (Å²) in [6.07, 6.45) is 1.46. The van der Waals surface area contributed by atoms with Crippen LogP contribution >= 0.6 is 11.3 Å². The summed E-state index contributed by atoms with van der Waals surface area (Å²) >= 11 is 1.44. The molecule has 0 aliphatic heterocycles.